The maximum Gasteiger partial charge on any atom is 0.335 e. The van der Waals surface area contributed by atoms with Crippen LogP contribution in [0.4, 0.5) is 5.69 Å². The van der Waals surface area contributed by atoms with E-state index in [9.17, 15) is 9.90 Å². The lowest BCUT2D eigenvalue weighted by Crippen LogP contribution is -2.05. The molecule has 0 aromatic heterocycles. The molecule has 0 heterocycles. The van der Waals surface area contributed by atoms with Gasteiger partial charge in [0.25, 0.3) is 0 Å². The van der Waals surface area contributed by atoms with Crippen molar-refractivity contribution in [1.82, 2.24) is 0 Å². The lowest BCUT2D eigenvalue weighted by atomic mass is 10.1. The molecule has 2 N–H and O–H groups in total. The maximum atomic E-state index is 11.2. The summed E-state index contributed by atoms with van der Waals surface area (Å²) in [6.07, 6.45) is 0. The lowest BCUT2D eigenvalue weighted by Gasteiger charge is -2.16. The van der Waals surface area contributed by atoms with Gasteiger partial charge in [-0.3, -0.25) is 0 Å². The monoisotopic (exact) mass is 523 g/mol. The van der Waals surface area contributed by atoms with Crippen molar-refractivity contribution in [3.8, 4) is 11.5 Å². The number of carboxylic acids is 1. The molecule has 31 heavy (non-hydrogen) atoms. The van der Waals surface area contributed by atoms with Crippen LogP contribution in [0.5, 0.6) is 11.5 Å². The molecule has 3 aromatic rings. The minimum absolute atomic E-state index is 0.187. The minimum Gasteiger partial charge on any atom is -0.493 e. The number of ether oxygens (including phenoxy) is 2. The lowest BCUT2D eigenvalue weighted by molar-refractivity contribution is 0.0697. The molecule has 0 bridgehead atoms. The van der Waals surface area contributed by atoms with Crippen LogP contribution in [-0.2, 0) is 13.2 Å². The highest BCUT2D eigenvalue weighted by Crippen LogP contribution is 2.38. The summed E-state index contributed by atoms with van der Waals surface area (Å²) in [5.41, 5.74) is 3.55. The number of aromatic carboxylic acids is 1. The predicted octanol–water partition coefficient (Wildman–Crippen LogP) is 6.96. The fourth-order valence-corrected chi connectivity index (χ4v) is 4.08. The third-order valence-electron chi connectivity index (χ3n) is 4.68. The van der Waals surface area contributed by atoms with Crippen LogP contribution >= 0.6 is 39.1 Å². The van der Waals surface area contributed by atoms with Crippen LogP contribution in [0.25, 0.3) is 0 Å². The first-order valence-corrected chi connectivity index (χ1v) is 10.8. The number of carboxylic acid groups (broad SMARTS) is 1. The Balaban J connectivity index is 1.78. The van der Waals surface area contributed by atoms with E-state index in [2.05, 4.69) is 21.2 Å². The van der Waals surface area contributed by atoms with Gasteiger partial charge in [-0.1, -0.05) is 35.3 Å². The molecule has 0 fully saturated rings. The zero-order valence-electron chi connectivity index (χ0n) is 16.8. The molecule has 0 saturated carbocycles. The summed E-state index contributed by atoms with van der Waals surface area (Å²) in [4.78, 5) is 11.2. The summed E-state index contributed by atoms with van der Waals surface area (Å²) in [7, 11) is 1.56. The Kier molecular flexibility index (Phi) is 7.70. The third-order valence-corrected chi connectivity index (χ3v) is 5.98. The highest BCUT2D eigenvalue weighted by molar-refractivity contribution is 9.10. The van der Waals surface area contributed by atoms with Crippen molar-refractivity contribution in [3.63, 3.8) is 0 Å². The number of anilines is 1. The highest BCUT2D eigenvalue weighted by atomic mass is 79.9. The average Bonchev–Trinajstić information content (AvgIpc) is 2.73. The summed E-state index contributed by atoms with van der Waals surface area (Å²) in [6, 6.07) is 14.0. The van der Waals surface area contributed by atoms with E-state index in [1.807, 2.05) is 19.1 Å². The molecule has 0 aliphatic heterocycles. The SMILES string of the molecule is COc1cc(CNc2cc(C(=O)O)ccc2C)cc(Br)c1OCc1c(Cl)cccc1Cl. The van der Waals surface area contributed by atoms with E-state index in [1.165, 1.54) is 0 Å². The van der Waals surface area contributed by atoms with Crippen molar-refractivity contribution in [1.29, 1.82) is 0 Å². The first-order valence-electron chi connectivity index (χ1n) is 9.30. The van der Waals surface area contributed by atoms with Crippen molar-refractivity contribution in [2.24, 2.45) is 0 Å². The molecule has 0 unspecified atom stereocenters. The Labute approximate surface area is 199 Å². The van der Waals surface area contributed by atoms with Crippen LogP contribution in [-0.4, -0.2) is 18.2 Å². The quantitative estimate of drug-likeness (QED) is 0.333. The zero-order valence-corrected chi connectivity index (χ0v) is 19.9. The van der Waals surface area contributed by atoms with Gasteiger partial charge < -0.3 is 19.9 Å². The molecule has 3 rings (SSSR count). The van der Waals surface area contributed by atoms with Crippen molar-refractivity contribution >= 4 is 50.8 Å². The van der Waals surface area contributed by atoms with Crippen LogP contribution in [0.3, 0.4) is 0 Å². The average molecular weight is 525 g/mol. The highest BCUT2D eigenvalue weighted by Gasteiger charge is 2.15. The Morgan fingerprint density at radius 1 is 1.13 bits per heavy atom. The topological polar surface area (TPSA) is 67.8 Å². The second-order valence-corrected chi connectivity index (χ2v) is 8.46. The van der Waals surface area contributed by atoms with Gasteiger partial charge in [-0.2, -0.15) is 0 Å². The van der Waals surface area contributed by atoms with E-state index in [0.717, 1.165) is 16.8 Å². The van der Waals surface area contributed by atoms with Gasteiger partial charge in [-0.05, 0) is 70.4 Å². The fourth-order valence-electron chi connectivity index (χ4n) is 2.97. The smallest absolute Gasteiger partial charge is 0.335 e. The summed E-state index contributed by atoms with van der Waals surface area (Å²) in [5.74, 6) is 0.115. The number of hydrogen-bond acceptors (Lipinski definition) is 4. The van der Waals surface area contributed by atoms with Crippen LogP contribution in [0.15, 0.2) is 53.0 Å². The van der Waals surface area contributed by atoms with Gasteiger partial charge in [0.2, 0.25) is 0 Å². The van der Waals surface area contributed by atoms with Crippen molar-refractivity contribution in [2.75, 3.05) is 12.4 Å². The van der Waals surface area contributed by atoms with Gasteiger partial charge in [0, 0.05) is 27.8 Å². The number of benzene rings is 3. The molecule has 0 spiro atoms. The van der Waals surface area contributed by atoms with Crippen LogP contribution < -0.4 is 14.8 Å². The van der Waals surface area contributed by atoms with Crippen molar-refractivity contribution in [2.45, 2.75) is 20.1 Å². The Morgan fingerprint density at radius 2 is 1.84 bits per heavy atom. The Bertz CT molecular complexity index is 1100. The van der Waals surface area contributed by atoms with Gasteiger partial charge in [0.15, 0.2) is 11.5 Å². The molecular weight excluding hydrogens is 505 g/mol. The van der Waals surface area contributed by atoms with Gasteiger partial charge >= 0.3 is 5.97 Å². The normalized spacial score (nSPS) is 10.6. The third kappa shape index (κ3) is 5.64. The van der Waals surface area contributed by atoms with E-state index in [-0.39, 0.29) is 12.2 Å². The number of carbonyl (C=O) groups is 1. The molecular formula is C23H20BrCl2NO4. The summed E-state index contributed by atoms with van der Waals surface area (Å²) >= 11 is 16.0. The van der Waals surface area contributed by atoms with E-state index < -0.39 is 5.97 Å². The van der Waals surface area contributed by atoms with Gasteiger partial charge in [0.05, 0.1) is 17.1 Å². The second-order valence-electron chi connectivity index (χ2n) is 6.79. The molecule has 8 heteroatoms. The zero-order chi connectivity index (χ0) is 22.5. The largest absolute Gasteiger partial charge is 0.493 e. The number of halogens is 3. The van der Waals surface area contributed by atoms with E-state index in [4.69, 9.17) is 32.7 Å². The fraction of sp³-hybridized carbons (Fsp3) is 0.174. The molecule has 162 valence electrons. The number of aryl methyl sites for hydroxylation is 1. The van der Waals surface area contributed by atoms with Crippen LogP contribution in [0, 0.1) is 6.92 Å². The van der Waals surface area contributed by atoms with E-state index in [0.29, 0.717) is 38.1 Å². The van der Waals surface area contributed by atoms with Gasteiger partial charge in [-0.15, -0.1) is 0 Å². The Hall–Kier alpha value is -2.41. The van der Waals surface area contributed by atoms with E-state index >= 15 is 0 Å². The van der Waals surface area contributed by atoms with Crippen molar-refractivity contribution < 1.29 is 19.4 Å². The first kappa shape index (κ1) is 23.3. The number of hydrogen-bond donors (Lipinski definition) is 2. The molecule has 0 atom stereocenters. The van der Waals surface area contributed by atoms with Gasteiger partial charge in [0.1, 0.15) is 6.61 Å². The molecule has 0 saturated heterocycles. The van der Waals surface area contributed by atoms with Gasteiger partial charge in [-0.25, -0.2) is 4.79 Å². The molecule has 3 aromatic carbocycles. The molecule has 5 nitrogen and oxygen atoms in total. The summed E-state index contributed by atoms with van der Waals surface area (Å²) in [6.45, 7) is 2.57. The maximum absolute atomic E-state index is 11.2. The van der Waals surface area contributed by atoms with Crippen molar-refractivity contribution in [3.05, 3.63) is 85.3 Å². The molecule has 0 aliphatic rings. The Morgan fingerprint density at radius 3 is 2.48 bits per heavy atom. The summed E-state index contributed by atoms with van der Waals surface area (Å²) in [5, 5.41) is 13.5. The minimum atomic E-state index is -0.965. The molecule has 0 radical (unpaired) electrons. The number of nitrogens with one attached hydrogen (secondary N) is 1. The van der Waals surface area contributed by atoms with Crippen LogP contribution in [0.2, 0.25) is 10.0 Å². The van der Waals surface area contributed by atoms with Crippen LogP contribution in [0.1, 0.15) is 27.0 Å². The number of methoxy groups -OCH3 is 1. The summed E-state index contributed by atoms with van der Waals surface area (Å²) < 4.78 is 12.2. The standard InChI is InChI=1S/C23H20BrCl2NO4/c1-13-6-7-15(23(28)29)10-20(13)27-11-14-8-17(24)22(21(9-14)30-2)31-12-16-18(25)4-3-5-19(16)26/h3-10,27H,11-12H2,1-2H3,(H,28,29). The number of rotatable bonds is 8. The van der Waals surface area contributed by atoms with E-state index in [1.54, 1.807) is 43.5 Å². The predicted molar refractivity (Wildman–Crippen MR) is 127 cm³/mol. The molecule has 0 amide bonds. The second kappa shape index (κ2) is 10.3. The first-order chi connectivity index (χ1) is 14.8. The molecule has 0 aliphatic carbocycles.